The summed E-state index contributed by atoms with van der Waals surface area (Å²) in [5.41, 5.74) is 1.52. The van der Waals surface area contributed by atoms with Gasteiger partial charge in [0, 0.05) is 31.3 Å². The van der Waals surface area contributed by atoms with E-state index in [0.717, 1.165) is 5.56 Å². The summed E-state index contributed by atoms with van der Waals surface area (Å²) in [7, 11) is 0. The van der Waals surface area contributed by atoms with E-state index >= 15 is 0 Å². The number of rotatable bonds is 13. The third-order valence-electron chi connectivity index (χ3n) is 5.42. The molecule has 0 aromatic heterocycles. The quantitative estimate of drug-likeness (QED) is 0.289. The van der Waals surface area contributed by atoms with E-state index in [-0.39, 0.29) is 25.0 Å². The molecule has 1 atom stereocenters. The van der Waals surface area contributed by atoms with Crippen LogP contribution in [0.5, 0.6) is 5.75 Å². The highest BCUT2D eigenvalue weighted by Crippen LogP contribution is 2.26. The second-order valence-corrected chi connectivity index (χ2v) is 8.87. The summed E-state index contributed by atoms with van der Waals surface area (Å²) < 4.78 is 11.1. The van der Waals surface area contributed by atoms with Gasteiger partial charge in [-0.05, 0) is 48.7 Å². The van der Waals surface area contributed by atoms with Crippen molar-refractivity contribution in [1.29, 1.82) is 0 Å². The second kappa shape index (κ2) is 14.5. The molecule has 8 heteroatoms. The topological polar surface area (TPSA) is 67.9 Å². The van der Waals surface area contributed by atoms with Crippen molar-refractivity contribution in [2.24, 2.45) is 0 Å². The molecule has 3 aromatic carbocycles. The summed E-state index contributed by atoms with van der Waals surface area (Å²) in [5.74, 6) is -0.239. The number of halogens is 2. The van der Waals surface area contributed by atoms with Gasteiger partial charge in [0.25, 0.3) is 5.91 Å². The average Bonchev–Trinajstić information content (AvgIpc) is 2.89. The van der Waals surface area contributed by atoms with Crippen molar-refractivity contribution in [1.82, 2.24) is 10.2 Å². The number of nitrogens with zero attached hydrogens (tertiary/aromatic N) is 1. The largest absolute Gasteiger partial charge is 0.482 e. The lowest BCUT2D eigenvalue weighted by molar-refractivity contribution is -0.143. The highest BCUT2D eigenvalue weighted by Gasteiger charge is 2.31. The van der Waals surface area contributed by atoms with Crippen molar-refractivity contribution in [3.8, 4) is 5.75 Å². The smallest absolute Gasteiger partial charge is 0.261 e. The van der Waals surface area contributed by atoms with Crippen LogP contribution in [0.25, 0.3) is 0 Å². The normalized spacial score (nSPS) is 11.5. The predicted octanol–water partition coefficient (Wildman–Crippen LogP) is 5.69. The molecule has 0 heterocycles. The first-order valence-electron chi connectivity index (χ1n) is 11.8. The van der Waals surface area contributed by atoms with Gasteiger partial charge in [-0.2, -0.15) is 0 Å². The molecule has 36 heavy (non-hydrogen) atoms. The molecule has 2 amide bonds. The second-order valence-electron chi connectivity index (χ2n) is 8.02. The number of hydrogen-bond donors (Lipinski definition) is 1. The third kappa shape index (κ3) is 8.26. The number of ether oxygens (including phenoxy) is 2. The third-order valence-corrected chi connectivity index (χ3v) is 5.98. The van der Waals surface area contributed by atoms with E-state index in [1.54, 1.807) is 36.4 Å². The lowest BCUT2D eigenvalue weighted by Gasteiger charge is -2.31. The van der Waals surface area contributed by atoms with Crippen molar-refractivity contribution in [2.75, 3.05) is 26.4 Å². The Balaban J connectivity index is 1.87. The number of amides is 2. The van der Waals surface area contributed by atoms with Crippen LogP contribution in [0.1, 0.15) is 30.5 Å². The summed E-state index contributed by atoms with van der Waals surface area (Å²) in [5, 5.41) is 3.95. The maximum absolute atomic E-state index is 13.6. The first kappa shape index (κ1) is 27.5. The van der Waals surface area contributed by atoms with Gasteiger partial charge in [-0.25, -0.2) is 0 Å². The van der Waals surface area contributed by atoms with Crippen LogP contribution in [-0.4, -0.2) is 43.1 Å². The SMILES string of the molecule is CCOCCCNC(=O)[C@@H](c1ccccc1)N(Cc1ccc(Cl)cc1)C(=O)COc1ccccc1Cl. The molecular formula is C28H30Cl2N2O4. The van der Waals surface area contributed by atoms with Crippen LogP contribution in [-0.2, 0) is 20.9 Å². The molecule has 0 aliphatic heterocycles. The summed E-state index contributed by atoms with van der Waals surface area (Å²) in [6.07, 6.45) is 0.668. The number of para-hydroxylation sites is 1. The zero-order valence-electron chi connectivity index (χ0n) is 20.2. The molecule has 6 nitrogen and oxygen atoms in total. The standard InChI is InChI=1S/C28H30Cl2N2O4/c1-2-35-18-8-17-31-28(34)27(22-9-4-3-5-10-22)32(19-21-13-15-23(29)16-14-21)26(33)20-36-25-12-7-6-11-24(25)30/h3-7,9-16,27H,2,8,17-20H2,1H3,(H,31,34)/t27-/m1/s1. The molecule has 3 aromatic rings. The van der Waals surface area contributed by atoms with E-state index in [0.29, 0.717) is 47.5 Å². The summed E-state index contributed by atoms with van der Waals surface area (Å²) in [4.78, 5) is 28.6. The fourth-order valence-electron chi connectivity index (χ4n) is 3.63. The minimum absolute atomic E-state index is 0.188. The number of carbonyl (C=O) groups excluding carboxylic acids is 2. The minimum atomic E-state index is -0.865. The Morgan fingerprint density at radius 2 is 1.64 bits per heavy atom. The van der Waals surface area contributed by atoms with Gasteiger partial charge < -0.3 is 19.7 Å². The Bertz CT molecular complexity index is 1110. The van der Waals surface area contributed by atoms with Crippen molar-refractivity contribution in [3.05, 3.63) is 100 Å². The summed E-state index contributed by atoms with van der Waals surface area (Å²) in [6, 6.07) is 22.5. The first-order valence-corrected chi connectivity index (χ1v) is 12.6. The molecule has 190 valence electrons. The Morgan fingerprint density at radius 1 is 0.944 bits per heavy atom. The molecule has 0 saturated carbocycles. The number of nitrogens with one attached hydrogen (secondary N) is 1. The Kier molecular flexibility index (Phi) is 11.1. The molecule has 0 bridgehead atoms. The van der Waals surface area contributed by atoms with E-state index < -0.39 is 6.04 Å². The lowest BCUT2D eigenvalue weighted by Crippen LogP contribution is -2.45. The van der Waals surface area contributed by atoms with Gasteiger partial charge in [0.15, 0.2) is 6.61 Å². The van der Waals surface area contributed by atoms with Crippen LogP contribution in [0.4, 0.5) is 0 Å². The number of carbonyl (C=O) groups is 2. The van der Waals surface area contributed by atoms with Gasteiger partial charge in [0.2, 0.25) is 5.91 Å². The molecule has 0 spiro atoms. The van der Waals surface area contributed by atoms with E-state index in [4.69, 9.17) is 32.7 Å². The average molecular weight is 529 g/mol. The van der Waals surface area contributed by atoms with Crippen molar-refractivity contribution in [3.63, 3.8) is 0 Å². The zero-order valence-corrected chi connectivity index (χ0v) is 21.7. The van der Waals surface area contributed by atoms with Gasteiger partial charge in [-0.15, -0.1) is 0 Å². The molecule has 0 unspecified atom stereocenters. The molecule has 1 N–H and O–H groups in total. The monoisotopic (exact) mass is 528 g/mol. The van der Waals surface area contributed by atoms with Crippen LogP contribution in [0.2, 0.25) is 10.0 Å². The summed E-state index contributed by atoms with van der Waals surface area (Å²) in [6.45, 7) is 3.43. The van der Waals surface area contributed by atoms with Crippen LogP contribution >= 0.6 is 23.2 Å². The maximum atomic E-state index is 13.6. The zero-order chi connectivity index (χ0) is 25.8. The molecule has 0 saturated heterocycles. The molecule has 0 fully saturated rings. The lowest BCUT2D eigenvalue weighted by atomic mass is 10.0. The predicted molar refractivity (Wildman–Crippen MR) is 142 cm³/mol. The molecule has 3 rings (SSSR count). The Hall–Kier alpha value is -3.06. The van der Waals surface area contributed by atoms with Crippen LogP contribution in [0, 0.1) is 0 Å². The van der Waals surface area contributed by atoms with E-state index in [2.05, 4.69) is 5.32 Å². The highest BCUT2D eigenvalue weighted by atomic mass is 35.5. The maximum Gasteiger partial charge on any atom is 0.261 e. The first-order chi connectivity index (χ1) is 17.5. The van der Waals surface area contributed by atoms with E-state index in [1.165, 1.54) is 4.90 Å². The van der Waals surface area contributed by atoms with Crippen molar-refractivity contribution >= 4 is 35.0 Å². The molecule has 0 radical (unpaired) electrons. The van der Waals surface area contributed by atoms with Gasteiger partial charge in [0.1, 0.15) is 11.8 Å². The minimum Gasteiger partial charge on any atom is -0.482 e. The fraction of sp³-hybridized carbons (Fsp3) is 0.286. The molecular weight excluding hydrogens is 499 g/mol. The van der Waals surface area contributed by atoms with Crippen LogP contribution < -0.4 is 10.1 Å². The Morgan fingerprint density at radius 3 is 2.33 bits per heavy atom. The Labute approximate surface area is 222 Å². The van der Waals surface area contributed by atoms with Gasteiger partial charge in [-0.1, -0.05) is 77.8 Å². The van der Waals surface area contributed by atoms with Gasteiger partial charge >= 0.3 is 0 Å². The van der Waals surface area contributed by atoms with Crippen LogP contribution in [0.15, 0.2) is 78.9 Å². The molecule has 0 aliphatic carbocycles. The van der Waals surface area contributed by atoms with Gasteiger partial charge in [-0.3, -0.25) is 9.59 Å². The van der Waals surface area contributed by atoms with E-state index in [9.17, 15) is 9.59 Å². The number of benzene rings is 3. The van der Waals surface area contributed by atoms with Crippen molar-refractivity contribution < 1.29 is 19.1 Å². The van der Waals surface area contributed by atoms with Crippen molar-refractivity contribution in [2.45, 2.75) is 25.9 Å². The van der Waals surface area contributed by atoms with E-state index in [1.807, 2.05) is 49.4 Å². The summed E-state index contributed by atoms with van der Waals surface area (Å²) >= 11 is 12.3. The van der Waals surface area contributed by atoms with Crippen LogP contribution in [0.3, 0.4) is 0 Å². The number of hydrogen-bond acceptors (Lipinski definition) is 4. The highest BCUT2D eigenvalue weighted by molar-refractivity contribution is 6.32. The molecule has 0 aliphatic rings. The van der Waals surface area contributed by atoms with Gasteiger partial charge in [0.05, 0.1) is 5.02 Å². The fourth-order valence-corrected chi connectivity index (χ4v) is 3.95.